The Labute approximate surface area is 231 Å². The van der Waals surface area contributed by atoms with Gasteiger partial charge in [0, 0.05) is 34.6 Å². The Morgan fingerprint density at radius 2 is 1.49 bits per heavy atom. The number of methoxy groups -OCH3 is 1. The molecule has 1 amide bonds. The summed E-state index contributed by atoms with van der Waals surface area (Å²) >= 11 is 0. The number of amides is 1. The van der Waals surface area contributed by atoms with Crippen LogP contribution in [0, 0.1) is 0 Å². The third kappa shape index (κ3) is 11.2. The topological polar surface area (TPSA) is 196 Å². The van der Waals surface area contributed by atoms with Gasteiger partial charge in [0.15, 0.2) is 12.2 Å². The SMILES string of the molecule is COC(=O)[C@@]1(OC(C)=O)C[C@H](OC(C)=O)[C@@H](NC(=O)CC(F)(F)F)[C@H]([C@H](OC(C)=O)[C@@H](COC(C)=O)OC(C)=O)O1. The molecule has 1 rings (SSSR count). The van der Waals surface area contributed by atoms with E-state index in [2.05, 4.69) is 4.74 Å². The summed E-state index contributed by atoms with van der Waals surface area (Å²) in [6, 6.07) is -1.87. The van der Waals surface area contributed by atoms with Gasteiger partial charge in [-0.05, 0) is 0 Å². The van der Waals surface area contributed by atoms with Crippen LogP contribution in [-0.4, -0.2) is 97.9 Å². The minimum atomic E-state index is -5.00. The van der Waals surface area contributed by atoms with Gasteiger partial charge in [-0.15, -0.1) is 0 Å². The van der Waals surface area contributed by atoms with E-state index in [1.807, 2.05) is 5.32 Å². The molecule has 1 aliphatic heterocycles. The molecule has 18 heteroatoms. The summed E-state index contributed by atoms with van der Waals surface area (Å²) in [5.74, 6) is -11.1. The van der Waals surface area contributed by atoms with Crippen molar-refractivity contribution in [2.45, 2.75) is 89.9 Å². The van der Waals surface area contributed by atoms with Gasteiger partial charge in [-0.1, -0.05) is 0 Å². The van der Waals surface area contributed by atoms with E-state index in [1.54, 1.807) is 0 Å². The van der Waals surface area contributed by atoms with Crippen LogP contribution in [0.2, 0.25) is 0 Å². The summed E-state index contributed by atoms with van der Waals surface area (Å²) < 4.78 is 74.8. The maximum atomic E-state index is 13.0. The molecule has 0 saturated carbocycles. The molecule has 41 heavy (non-hydrogen) atoms. The molecule has 0 aromatic carbocycles. The van der Waals surface area contributed by atoms with Crippen LogP contribution in [0.4, 0.5) is 13.2 Å². The molecule has 232 valence electrons. The van der Waals surface area contributed by atoms with Crippen molar-refractivity contribution in [2.75, 3.05) is 13.7 Å². The average molecular weight is 601 g/mol. The fraction of sp³-hybridized carbons (Fsp3) is 0.696. The number of carbonyl (C=O) groups is 7. The molecule has 0 spiro atoms. The Morgan fingerprint density at radius 3 is 1.93 bits per heavy atom. The first-order valence-electron chi connectivity index (χ1n) is 11.8. The largest absolute Gasteiger partial charge is 0.464 e. The van der Waals surface area contributed by atoms with Crippen molar-refractivity contribution < 1.29 is 79.9 Å². The third-order valence-electron chi connectivity index (χ3n) is 5.12. The highest BCUT2D eigenvalue weighted by molar-refractivity contribution is 5.82. The Hall–Kier alpha value is -3.96. The molecule has 0 radical (unpaired) electrons. The molecule has 1 fully saturated rings. The molecular weight excluding hydrogens is 571 g/mol. The summed E-state index contributed by atoms with van der Waals surface area (Å²) in [5.41, 5.74) is 0. The normalized spacial score (nSPS) is 23.6. The van der Waals surface area contributed by atoms with Gasteiger partial charge in [0.05, 0.1) is 19.6 Å². The van der Waals surface area contributed by atoms with E-state index < -0.39 is 104 Å². The van der Waals surface area contributed by atoms with Crippen molar-refractivity contribution in [1.29, 1.82) is 0 Å². The van der Waals surface area contributed by atoms with Crippen molar-refractivity contribution in [3.63, 3.8) is 0 Å². The van der Waals surface area contributed by atoms with E-state index in [1.165, 1.54) is 0 Å². The Bertz CT molecular complexity index is 1030. The molecule has 1 aliphatic rings. The van der Waals surface area contributed by atoms with Crippen LogP contribution in [-0.2, 0) is 66.7 Å². The summed E-state index contributed by atoms with van der Waals surface area (Å²) in [6.07, 6.45) is -15.6. The lowest BCUT2D eigenvalue weighted by Gasteiger charge is -2.48. The molecule has 15 nitrogen and oxygen atoms in total. The monoisotopic (exact) mass is 601 g/mol. The molecule has 0 bridgehead atoms. The van der Waals surface area contributed by atoms with Gasteiger partial charge >= 0.3 is 47.8 Å². The lowest BCUT2D eigenvalue weighted by atomic mass is 9.87. The second-order valence-electron chi connectivity index (χ2n) is 8.68. The van der Waals surface area contributed by atoms with E-state index in [0.717, 1.165) is 41.7 Å². The van der Waals surface area contributed by atoms with Gasteiger partial charge in [0.1, 0.15) is 25.2 Å². The second kappa shape index (κ2) is 14.6. The van der Waals surface area contributed by atoms with Gasteiger partial charge in [-0.25, -0.2) is 4.79 Å². The number of halogens is 3. The van der Waals surface area contributed by atoms with Crippen LogP contribution in [0.25, 0.3) is 0 Å². The van der Waals surface area contributed by atoms with Crippen molar-refractivity contribution in [1.82, 2.24) is 5.32 Å². The number of hydrogen-bond donors (Lipinski definition) is 1. The van der Waals surface area contributed by atoms with Gasteiger partial charge in [-0.2, -0.15) is 13.2 Å². The van der Waals surface area contributed by atoms with E-state index in [4.69, 9.17) is 28.4 Å². The predicted molar refractivity (Wildman–Crippen MR) is 122 cm³/mol. The predicted octanol–water partition coefficient (Wildman–Crippen LogP) is 0.00310. The standard InChI is InChI=1S/C23H30F3NO14/c1-10(28)36-9-16(38-12(3)30)19(39-13(4)31)20-18(27-17(33)8-23(24,25)26)15(37-11(2)29)7-22(41-20,21(34)35-6)40-14(5)32/h15-16,18-20H,7-9H2,1-6H3,(H,27,33)/t15-,16+,18+,19+,20+,22+/m0/s1. The van der Waals surface area contributed by atoms with E-state index in [0.29, 0.717) is 0 Å². The summed E-state index contributed by atoms with van der Waals surface area (Å²) in [4.78, 5) is 84.6. The number of nitrogens with one attached hydrogen (secondary N) is 1. The number of rotatable bonds is 11. The molecule has 1 heterocycles. The van der Waals surface area contributed by atoms with Gasteiger partial charge in [-0.3, -0.25) is 28.8 Å². The van der Waals surface area contributed by atoms with Crippen molar-refractivity contribution >= 4 is 41.7 Å². The van der Waals surface area contributed by atoms with E-state index >= 15 is 0 Å². The van der Waals surface area contributed by atoms with Crippen LogP contribution >= 0.6 is 0 Å². The molecule has 0 unspecified atom stereocenters. The Balaban J connectivity index is 3.91. The minimum Gasteiger partial charge on any atom is -0.464 e. The Kier molecular flexibility index (Phi) is 12.5. The number of hydrogen-bond acceptors (Lipinski definition) is 14. The summed E-state index contributed by atoms with van der Waals surface area (Å²) in [5, 5.41) is 1.96. The molecular formula is C23H30F3NO14. The first-order chi connectivity index (χ1) is 18.8. The minimum absolute atomic E-state index is 0.826. The van der Waals surface area contributed by atoms with Crippen LogP contribution in [0.1, 0.15) is 47.5 Å². The molecule has 0 aromatic heterocycles. The molecule has 6 atom stereocenters. The number of alkyl halides is 3. The first kappa shape index (κ1) is 35.1. The van der Waals surface area contributed by atoms with Crippen LogP contribution in [0.5, 0.6) is 0 Å². The maximum absolute atomic E-state index is 13.0. The number of ether oxygens (including phenoxy) is 7. The fourth-order valence-electron chi connectivity index (χ4n) is 3.92. The quantitative estimate of drug-likeness (QED) is 0.245. The third-order valence-corrected chi connectivity index (χ3v) is 5.12. The highest BCUT2D eigenvalue weighted by atomic mass is 19.4. The second-order valence-corrected chi connectivity index (χ2v) is 8.68. The van der Waals surface area contributed by atoms with Crippen LogP contribution in [0.3, 0.4) is 0 Å². The zero-order valence-electron chi connectivity index (χ0n) is 22.9. The highest BCUT2D eigenvalue weighted by Gasteiger charge is 2.60. The van der Waals surface area contributed by atoms with E-state index in [9.17, 15) is 46.7 Å². The van der Waals surface area contributed by atoms with Crippen LogP contribution < -0.4 is 5.32 Å². The van der Waals surface area contributed by atoms with Gasteiger partial charge in [0.25, 0.3) is 0 Å². The zero-order valence-corrected chi connectivity index (χ0v) is 22.9. The maximum Gasteiger partial charge on any atom is 0.397 e. The zero-order chi connectivity index (χ0) is 31.7. The van der Waals surface area contributed by atoms with Crippen molar-refractivity contribution in [3.8, 4) is 0 Å². The lowest BCUT2D eigenvalue weighted by molar-refractivity contribution is -0.304. The molecule has 1 N–H and O–H groups in total. The number of carbonyl (C=O) groups excluding carboxylic acids is 7. The molecule has 0 aromatic rings. The van der Waals surface area contributed by atoms with Crippen molar-refractivity contribution in [3.05, 3.63) is 0 Å². The summed E-state index contributed by atoms with van der Waals surface area (Å²) in [6.45, 7) is 3.67. The summed E-state index contributed by atoms with van der Waals surface area (Å²) in [7, 11) is 0.857. The van der Waals surface area contributed by atoms with Crippen molar-refractivity contribution in [2.24, 2.45) is 0 Å². The van der Waals surface area contributed by atoms with E-state index in [-0.39, 0.29) is 0 Å². The average Bonchev–Trinajstić information content (AvgIpc) is 2.78. The smallest absolute Gasteiger partial charge is 0.397 e. The highest BCUT2D eigenvalue weighted by Crippen LogP contribution is 2.37. The Morgan fingerprint density at radius 1 is 0.902 bits per heavy atom. The first-order valence-corrected chi connectivity index (χ1v) is 11.8. The van der Waals surface area contributed by atoms with Gasteiger partial charge < -0.3 is 38.5 Å². The molecule has 1 saturated heterocycles. The molecule has 0 aliphatic carbocycles. The fourth-order valence-corrected chi connectivity index (χ4v) is 3.92. The lowest BCUT2D eigenvalue weighted by Crippen LogP contribution is -2.69. The number of esters is 6. The van der Waals surface area contributed by atoms with Crippen LogP contribution in [0.15, 0.2) is 0 Å². The van der Waals surface area contributed by atoms with Gasteiger partial charge in [0.2, 0.25) is 5.91 Å².